The lowest BCUT2D eigenvalue weighted by Gasteiger charge is -2.16. The van der Waals surface area contributed by atoms with Gasteiger partial charge in [-0.2, -0.15) is 0 Å². The summed E-state index contributed by atoms with van der Waals surface area (Å²) in [5.41, 5.74) is 1.13. The summed E-state index contributed by atoms with van der Waals surface area (Å²) in [6.45, 7) is 6.09. The first kappa shape index (κ1) is 13.1. The third-order valence-corrected chi connectivity index (χ3v) is 3.55. The van der Waals surface area contributed by atoms with E-state index in [1.54, 1.807) is 6.33 Å². The van der Waals surface area contributed by atoms with E-state index < -0.39 is 0 Å². The van der Waals surface area contributed by atoms with Crippen LogP contribution in [0, 0.1) is 12.3 Å². The van der Waals surface area contributed by atoms with Crippen molar-refractivity contribution in [2.24, 2.45) is 5.41 Å². The van der Waals surface area contributed by atoms with Crippen LogP contribution in [0.3, 0.4) is 0 Å². The average Bonchev–Trinajstić information content (AvgIpc) is 3.17. The molecular weight excluding hydrogens is 228 g/mol. The van der Waals surface area contributed by atoms with E-state index in [1.807, 2.05) is 6.92 Å². The van der Waals surface area contributed by atoms with E-state index in [2.05, 4.69) is 27.5 Å². The first-order chi connectivity index (χ1) is 8.71. The number of hydrogen-bond acceptors (Lipinski definition) is 5. The van der Waals surface area contributed by atoms with E-state index in [4.69, 9.17) is 0 Å². The van der Waals surface area contributed by atoms with Crippen LogP contribution in [0.1, 0.15) is 31.7 Å². The third-order valence-electron chi connectivity index (χ3n) is 3.55. The van der Waals surface area contributed by atoms with E-state index >= 15 is 0 Å². The lowest BCUT2D eigenvalue weighted by Crippen LogP contribution is -2.20. The van der Waals surface area contributed by atoms with Crippen LogP contribution in [-0.2, 0) is 0 Å². The molecule has 100 valence electrons. The maximum absolute atomic E-state index is 9.29. The molecule has 0 aromatic carbocycles. The highest BCUT2D eigenvalue weighted by Gasteiger charge is 2.41. The van der Waals surface area contributed by atoms with Gasteiger partial charge in [-0.1, -0.05) is 6.92 Å². The summed E-state index contributed by atoms with van der Waals surface area (Å²) >= 11 is 0. The predicted octanol–water partition coefficient (Wildman–Crippen LogP) is 1.79. The summed E-state index contributed by atoms with van der Waals surface area (Å²) in [6, 6.07) is 0. The fourth-order valence-electron chi connectivity index (χ4n) is 1.89. The monoisotopic (exact) mass is 250 g/mol. The summed E-state index contributed by atoms with van der Waals surface area (Å²) < 4.78 is 0. The van der Waals surface area contributed by atoms with Gasteiger partial charge in [0.1, 0.15) is 18.0 Å². The Morgan fingerprint density at radius 2 is 1.94 bits per heavy atom. The molecule has 0 unspecified atom stereocenters. The Morgan fingerprint density at radius 1 is 1.28 bits per heavy atom. The van der Waals surface area contributed by atoms with E-state index in [0.717, 1.165) is 49.6 Å². The predicted molar refractivity (Wildman–Crippen MR) is 72.8 cm³/mol. The fraction of sp³-hybridized carbons (Fsp3) is 0.692. The van der Waals surface area contributed by atoms with Crippen LogP contribution in [0.25, 0.3) is 0 Å². The molecule has 18 heavy (non-hydrogen) atoms. The second-order valence-corrected chi connectivity index (χ2v) is 5.13. The van der Waals surface area contributed by atoms with Gasteiger partial charge in [-0.3, -0.25) is 0 Å². The van der Waals surface area contributed by atoms with Crippen molar-refractivity contribution in [2.75, 3.05) is 30.3 Å². The molecule has 1 heterocycles. The zero-order valence-corrected chi connectivity index (χ0v) is 11.2. The van der Waals surface area contributed by atoms with Crippen molar-refractivity contribution in [3.8, 4) is 0 Å². The average molecular weight is 250 g/mol. The molecule has 0 radical (unpaired) electrons. The largest absolute Gasteiger partial charge is 0.396 e. The number of aromatic nitrogens is 2. The molecule has 3 N–H and O–H groups in total. The van der Waals surface area contributed by atoms with Crippen molar-refractivity contribution >= 4 is 11.6 Å². The van der Waals surface area contributed by atoms with Crippen LogP contribution < -0.4 is 10.6 Å². The fourth-order valence-corrected chi connectivity index (χ4v) is 1.89. The molecular formula is C13H22N4O. The quantitative estimate of drug-likeness (QED) is 0.688. The standard InChI is InChI=1S/C13H22N4O/c1-3-6-14-11-10(2)12(17-9-16-11)15-7-13(8-18)4-5-13/h9,18H,3-8H2,1-2H3,(H2,14,15,16,17). The van der Waals surface area contributed by atoms with Crippen molar-refractivity contribution in [1.82, 2.24) is 9.97 Å². The van der Waals surface area contributed by atoms with E-state index in [0.29, 0.717) is 0 Å². The van der Waals surface area contributed by atoms with E-state index in [9.17, 15) is 5.11 Å². The maximum atomic E-state index is 9.29. The van der Waals surface area contributed by atoms with Gasteiger partial charge >= 0.3 is 0 Å². The van der Waals surface area contributed by atoms with Crippen LogP contribution in [0.5, 0.6) is 0 Å². The van der Waals surface area contributed by atoms with E-state index in [1.165, 1.54) is 0 Å². The Bertz CT molecular complexity index is 404. The van der Waals surface area contributed by atoms with Crippen molar-refractivity contribution in [3.05, 3.63) is 11.9 Å². The van der Waals surface area contributed by atoms with Crippen LogP contribution in [0.15, 0.2) is 6.33 Å². The Kier molecular flexibility index (Phi) is 4.01. The molecule has 1 aliphatic carbocycles. The van der Waals surface area contributed by atoms with E-state index in [-0.39, 0.29) is 12.0 Å². The van der Waals surface area contributed by atoms with Gasteiger partial charge in [0.15, 0.2) is 0 Å². The summed E-state index contributed by atoms with van der Waals surface area (Å²) in [4.78, 5) is 8.51. The topological polar surface area (TPSA) is 70.1 Å². The Labute approximate surface area is 108 Å². The molecule has 1 saturated carbocycles. The summed E-state index contributed by atoms with van der Waals surface area (Å²) in [5, 5.41) is 15.9. The number of nitrogens with one attached hydrogen (secondary N) is 2. The molecule has 1 fully saturated rings. The molecule has 2 rings (SSSR count). The Morgan fingerprint density at radius 3 is 2.50 bits per heavy atom. The molecule has 5 nitrogen and oxygen atoms in total. The number of aliphatic hydroxyl groups is 1. The maximum Gasteiger partial charge on any atom is 0.134 e. The summed E-state index contributed by atoms with van der Waals surface area (Å²) in [7, 11) is 0. The first-order valence-electron chi connectivity index (χ1n) is 6.61. The lowest BCUT2D eigenvalue weighted by molar-refractivity contribution is 0.219. The molecule has 1 aliphatic rings. The normalized spacial score (nSPS) is 16.4. The molecule has 0 aliphatic heterocycles. The minimum atomic E-state index is 0.0917. The molecule has 0 amide bonds. The highest BCUT2D eigenvalue weighted by Crippen LogP contribution is 2.45. The van der Waals surface area contributed by atoms with Crippen molar-refractivity contribution in [2.45, 2.75) is 33.1 Å². The first-order valence-corrected chi connectivity index (χ1v) is 6.61. The summed E-state index contributed by atoms with van der Waals surface area (Å²) in [6.07, 6.45) is 4.84. The van der Waals surface area contributed by atoms with Crippen molar-refractivity contribution in [3.63, 3.8) is 0 Å². The lowest BCUT2D eigenvalue weighted by atomic mass is 10.1. The third kappa shape index (κ3) is 2.90. The van der Waals surface area contributed by atoms with Gasteiger partial charge < -0.3 is 15.7 Å². The van der Waals surface area contributed by atoms with Crippen LogP contribution in [0.4, 0.5) is 11.6 Å². The Hall–Kier alpha value is -1.36. The van der Waals surface area contributed by atoms with Crippen LogP contribution >= 0.6 is 0 Å². The minimum Gasteiger partial charge on any atom is -0.396 e. The second-order valence-electron chi connectivity index (χ2n) is 5.13. The van der Waals surface area contributed by atoms with Crippen molar-refractivity contribution < 1.29 is 5.11 Å². The SMILES string of the molecule is CCCNc1ncnc(NCC2(CO)CC2)c1C. The van der Waals surface area contributed by atoms with Gasteiger partial charge in [0.05, 0.1) is 6.61 Å². The zero-order chi connectivity index (χ0) is 13.0. The number of hydrogen-bond donors (Lipinski definition) is 3. The molecule has 1 aromatic rings. The molecule has 5 heteroatoms. The van der Waals surface area contributed by atoms with Gasteiger partial charge in [-0.05, 0) is 26.2 Å². The molecule has 0 saturated heterocycles. The Balaban J connectivity index is 1.99. The number of nitrogens with zero attached hydrogens (tertiary/aromatic N) is 2. The van der Waals surface area contributed by atoms with Crippen molar-refractivity contribution in [1.29, 1.82) is 0 Å². The number of anilines is 2. The van der Waals surface area contributed by atoms with Gasteiger partial charge in [0.25, 0.3) is 0 Å². The van der Waals surface area contributed by atoms with Gasteiger partial charge in [-0.15, -0.1) is 0 Å². The minimum absolute atomic E-state index is 0.0917. The smallest absolute Gasteiger partial charge is 0.134 e. The van der Waals surface area contributed by atoms with Crippen LogP contribution in [0.2, 0.25) is 0 Å². The highest BCUT2D eigenvalue weighted by atomic mass is 16.3. The summed E-state index contributed by atoms with van der Waals surface area (Å²) in [5.74, 6) is 1.76. The van der Waals surface area contributed by atoms with Crippen LogP contribution in [-0.4, -0.2) is 34.8 Å². The molecule has 0 bridgehead atoms. The zero-order valence-electron chi connectivity index (χ0n) is 11.2. The molecule has 0 spiro atoms. The molecule has 0 atom stereocenters. The highest BCUT2D eigenvalue weighted by molar-refractivity contribution is 5.56. The number of aliphatic hydroxyl groups excluding tert-OH is 1. The van der Waals surface area contributed by atoms with Gasteiger partial charge in [0.2, 0.25) is 0 Å². The number of rotatable bonds is 7. The molecule has 1 aromatic heterocycles. The van der Waals surface area contributed by atoms with Gasteiger partial charge in [0, 0.05) is 24.1 Å². The second kappa shape index (κ2) is 5.52. The van der Waals surface area contributed by atoms with Gasteiger partial charge in [-0.25, -0.2) is 9.97 Å².